The molecule has 2 aliphatic rings. The third-order valence-electron chi connectivity index (χ3n) is 5.85. The molecule has 0 N–H and O–H groups in total. The van der Waals surface area contributed by atoms with Crippen LogP contribution in [0.2, 0.25) is 0 Å². The van der Waals surface area contributed by atoms with E-state index in [1.54, 1.807) is 22.2 Å². The van der Waals surface area contributed by atoms with Gasteiger partial charge in [-0.25, -0.2) is 4.98 Å². The first-order valence-corrected chi connectivity index (χ1v) is 10.8. The SMILES string of the molecule is CN(C)CCCn1cnc2sc3c(c2c1=O)CCN(C(=O)C1CCCC1)C3. The second-order valence-corrected chi connectivity index (χ2v) is 9.16. The summed E-state index contributed by atoms with van der Waals surface area (Å²) in [5.41, 5.74) is 1.21. The maximum absolute atomic E-state index is 13.0. The molecule has 0 saturated heterocycles. The van der Waals surface area contributed by atoms with Gasteiger partial charge in [-0.2, -0.15) is 0 Å². The zero-order valence-electron chi connectivity index (χ0n) is 16.2. The van der Waals surface area contributed by atoms with E-state index in [1.165, 1.54) is 12.8 Å². The van der Waals surface area contributed by atoms with Gasteiger partial charge in [-0.3, -0.25) is 14.2 Å². The van der Waals surface area contributed by atoms with E-state index in [0.717, 1.165) is 59.4 Å². The molecule has 2 aromatic heterocycles. The molecule has 0 bridgehead atoms. The number of carbonyl (C=O) groups excluding carboxylic acids is 1. The van der Waals surface area contributed by atoms with E-state index in [4.69, 9.17) is 0 Å². The summed E-state index contributed by atoms with van der Waals surface area (Å²) in [5, 5.41) is 0.787. The van der Waals surface area contributed by atoms with Crippen molar-refractivity contribution in [2.45, 2.75) is 51.6 Å². The first-order chi connectivity index (χ1) is 13.0. The second-order valence-electron chi connectivity index (χ2n) is 8.08. The van der Waals surface area contributed by atoms with Gasteiger partial charge in [0.15, 0.2) is 0 Å². The van der Waals surface area contributed by atoms with Crippen LogP contribution in [0.3, 0.4) is 0 Å². The molecule has 1 aliphatic carbocycles. The van der Waals surface area contributed by atoms with Gasteiger partial charge in [-0.05, 0) is 51.9 Å². The number of thiophene rings is 1. The number of fused-ring (bicyclic) bond motifs is 3. The van der Waals surface area contributed by atoms with Gasteiger partial charge in [0.25, 0.3) is 5.56 Å². The van der Waals surface area contributed by atoms with Crippen molar-refractivity contribution in [2.75, 3.05) is 27.2 Å². The van der Waals surface area contributed by atoms with E-state index in [2.05, 4.69) is 9.88 Å². The Bertz CT molecular complexity index is 895. The normalized spacial score (nSPS) is 17.8. The molecule has 146 valence electrons. The van der Waals surface area contributed by atoms with Gasteiger partial charge in [0.05, 0.1) is 18.3 Å². The molecule has 0 radical (unpaired) electrons. The minimum Gasteiger partial charge on any atom is -0.337 e. The van der Waals surface area contributed by atoms with Crippen molar-refractivity contribution in [1.82, 2.24) is 19.4 Å². The maximum Gasteiger partial charge on any atom is 0.262 e. The standard InChI is InChI=1S/C20H28N4O2S/c1-22(2)9-5-10-24-13-21-18-17(20(24)26)15-8-11-23(12-16(15)27-18)19(25)14-6-3-4-7-14/h13-14H,3-12H2,1-2H3. The summed E-state index contributed by atoms with van der Waals surface area (Å²) in [6.45, 7) is 3.01. The Balaban J connectivity index is 1.56. The van der Waals surface area contributed by atoms with Crippen LogP contribution in [0.5, 0.6) is 0 Å². The van der Waals surface area contributed by atoms with Crippen LogP contribution < -0.4 is 5.56 Å². The van der Waals surface area contributed by atoms with Crippen molar-refractivity contribution in [2.24, 2.45) is 5.92 Å². The molecule has 6 nitrogen and oxygen atoms in total. The third-order valence-corrected chi connectivity index (χ3v) is 6.97. The molecule has 1 aliphatic heterocycles. The van der Waals surface area contributed by atoms with Crippen LogP contribution in [0.25, 0.3) is 10.2 Å². The van der Waals surface area contributed by atoms with E-state index < -0.39 is 0 Å². The van der Waals surface area contributed by atoms with E-state index in [0.29, 0.717) is 19.0 Å². The smallest absolute Gasteiger partial charge is 0.262 e. The molecule has 4 rings (SSSR count). The average Bonchev–Trinajstić information content (AvgIpc) is 3.29. The predicted molar refractivity (Wildman–Crippen MR) is 108 cm³/mol. The molecule has 1 amide bonds. The van der Waals surface area contributed by atoms with Gasteiger partial charge in [-0.1, -0.05) is 12.8 Å². The van der Waals surface area contributed by atoms with E-state index in [1.807, 2.05) is 19.0 Å². The van der Waals surface area contributed by atoms with Crippen LogP contribution in [0, 0.1) is 5.92 Å². The Kier molecular flexibility index (Phi) is 5.32. The van der Waals surface area contributed by atoms with Crippen molar-refractivity contribution >= 4 is 27.5 Å². The van der Waals surface area contributed by atoms with Crippen molar-refractivity contribution in [3.8, 4) is 0 Å². The number of amides is 1. The highest BCUT2D eigenvalue weighted by Crippen LogP contribution is 2.34. The lowest BCUT2D eigenvalue weighted by Crippen LogP contribution is -2.38. The quantitative estimate of drug-likeness (QED) is 0.790. The summed E-state index contributed by atoms with van der Waals surface area (Å²) in [6.07, 6.45) is 7.80. The van der Waals surface area contributed by atoms with E-state index in [-0.39, 0.29) is 11.5 Å². The van der Waals surface area contributed by atoms with E-state index in [9.17, 15) is 9.59 Å². The number of rotatable bonds is 5. The highest BCUT2D eigenvalue weighted by molar-refractivity contribution is 7.18. The molecular formula is C20H28N4O2S. The van der Waals surface area contributed by atoms with Crippen LogP contribution in [-0.2, 0) is 24.3 Å². The number of aryl methyl sites for hydroxylation is 1. The van der Waals surface area contributed by atoms with Gasteiger partial charge in [-0.15, -0.1) is 11.3 Å². The van der Waals surface area contributed by atoms with Gasteiger partial charge in [0.1, 0.15) is 4.83 Å². The maximum atomic E-state index is 13.0. The topological polar surface area (TPSA) is 58.4 Å². The van der Waals surface area contributed by atoms with Gasteiger partial charge >= 0.3 is 0 Å². The summed E-state index contributed by atoms with van der Waals surface area (Å²) >= 11 is 1.59. The van der Waals surface area contributed by atoms with Gasteiger partial charge in [0.2, 0.25) is 5.91 Å². The molecule has 1 fully saturated rings. The van der Waals surface area contributed by atoms with E-state index >= 15 is 0 Å². The fraction of sp³-hybridized carbons (Fsp3) is 0.650. The average molecular weight is 389 g/mol. The molecular weight excluding hydrogens is 360 g/mol. The minimum absolute atomic E-state index is 0.0758. The summed E-state index contributed by atoms with van der Waals surface area (Å²) in [5.74, 6) is 0.526. The van der Waals surface area contributed by atoms with Gasteiger partial charge in [0, 0.05) is 23.9 Å². The lowest BCUT2D eigenvalue weighted by molar-refractivity contribution is -0.136. The Morgan fingerprint density at radius 2 is 2.11 bits per heavy atom. The molecule has 2 aromatic rings. The molecule has 27 heavy (non-hydrogen) atoms. The number of nitrogens with zero attached hydrogens (tertiary/aromatic N) is 4. The molecule has 0 aromatic carbocycles. The molecule has 1 saturated carbocycles. The molecule has 0 atom stereocenters. The highest BCUT2D eigenvalue weighted by atomic mass is 32.1. The largest absolute Gasteiger partial charge is 0.337 e. The minimum atomic E-state index is 0.0758. The number of carbonyl (C=O) groups is 1. The van der Waals surface area contributed by atoms with Crippen LogP contribution in [0.4, 0.5) is 0 Å². The van der Waals surface area contributed by atoms with Crippen LogP contribution in [0.1, 0.15) is 42.5 Å². The van der Waals surface area contributed by atoms with Crippen molar-refractivity contribution in [3.63, 3.8) is 0 Å². The van der Waals surface area contributed by atoms with Gasteiger partial charge < -0.3 is 9.80 Å². The van der Waals surface area contributed by atoms with Crippen molar-refractivity contribution < 1.29 is 4.79 Å². The molecule has 0 unspecified atom stereocenters. The first kappa shape index (κ1) is 18.6. The third kappa shape index (κ3) is 3.67. The zero-order valence-corrected chi connectivity index (χ0v) is 17.1. The van der Waals surface area contributed by atoms with Crippen molar-refractivity contribution in [1.29, 1.82) is 0 Å². The predicted octanol–water partition coefficient (Wildman–Crippen LogP) is 2.48. The number of aromatic nitrogens is 2. The Morgan fingerprint density at radius 1 is 1.33 bits per heavy atom. The summed E-state index contributed by atoms with van der Waals surface area (Å²) in [7, 11) is 4.08. The van der Waals surface area contributed by atoms with Crippen LogP contribution in [0.15, 0.2) is 11.1 Å². The summed E-state index contributed by atoms with van der Waals surface area (Å²) < 4.78 is 1.74. The Labute approximate surface area is 163 Å². The highest BCUT2D eigenvalue weighted by Gasteiger charge is 2.31. The first-order valence-electron chi connectivity index (χ1n) is 9.98. The lowest BCUT2D eigenvalue weighted by Gasteiger charge is -2.29. The Hall–Kier alpha value is -1.73. The fourth-order valence-electron chi connectivity index (χ4n) is 4.35. The molecule has 7 heteroatoms. The zero-order chi connectivity index (χ0) is 19.0. The molecule has 3 heterocycles. The molecule has 0 spiro atoms. The number of hydrogen-bond donors (Lipinski definition) is 0. The fourth-order valence-corrected chi connectivity index (χ4v) is 5.55. The van der Waals surface area contributed by atoms with Crippen molar-refractivity contribution in [3.05, 3.63) is 27.1 Å². The van der Waals surface area contributed by atoms with Crippen LogP contribution in [-0.4, -0.2) is 52.4 Å². The Morgan fingerprint density at radius 3 is 2.85 bits per heavy atom. The summed E-state index contributed by atoms with van der Waals surface area (Å²) in [4.78, 5) is 36.4. The lowest BCUT2D eigenvalue weighted by atomic mass is 10.0. The van der Waals surface area contributed by atoms with Crippen LogP contribution >= 0.6 is 11.3 Å². The monoisotopic (exact) mass is 388 g/mol. The number of hydrogen-bond acceptors (Lipinski definition) is 5. The summed E-state index contributed by atoms with van der Waals surface area (Å²) in [6, 6.07) is 0. The second kappa shape index (κ2) is 7.72.